The number of rotatable bonds is 2. The maximum absolute atomic E-state index is 9.74. The van der Waals surface area contributed by atoms with Crippen molar-refractivity contribution in [2.24, 2.45) is 0 Å². The number of furan rings is 1. The van der Waals surface area contributed by atoms with Crippen LogP contribution in [0, 0.1) is 11.3 Å². The van der Waals surface area contributed by atoms with Crippen LogP contribution in [0.3, 0.4) is 0 Å². The summed E-state index contributed by atoms with van der Waals surface area (Å²) in [5.74, 6) is 0. The maximum atomic E-state index is 9.74. The molecule has 0 aliphatic heterocycles. The number of benzene rings is 5. The summed E-state index contributed by atoms with van der Waals surface area (Å²) < 4.78 is 8.63. The van der Waals surface area contributed by atoms with Gasteiger partial charge in [-0.15, -0.1) is 0 Å². The van der Waals surface area contributed by atoms with Crippen molar-refractivity contribution in [2.75, 3.05) is 0 Å². The molecule has 0 amide bonds. The van der Waals surface area contributed by atoms with Gasteiger partial charge in [-0.25, -0.2) is 0 Å². The van der Waals surface area contributed by atoms with Crippen molar-refractivity contribution in [2.45, 2.75) is 0 Å². The van der Waals surface area contributed by atoms with E-state index in [4.69, 9.17) is 4.42 Å². The fraction of sp³-hybridized carbons (Fsp3) is 0. The summed E-state index contributed by atoms with van der Waals surface area (Å²) in [5.41, 5.74) is 7.56. The highest BCUT2D eigenvalue weighted by Crippen LogP contribution is 2.40. The molecule has 0 aliphatic rings. The number of hydrogen-bond donors (Lipinski definition) is 0. The van der Waals surface area contributed by atoms with Gasteiger partial charge in [0.1, 0.15) is 11.2 Å². The monoisotopic (exact) mass is 434 g/mol. The molecule has 0 radical (unpaired) electrons. The van der Waals surface area contributed by atoms with Gasteiger partial charge in [0.15, 0.2) is 0 Å². The number of nitriles is 1. The molecule has 7 aromatic rings. The Morgan fingerprint density at radius 1 is 0.588 bits per heavy atom. The second kappa shape index (κ2) is 7.10. The van der Waals surface area contributed by atoms with Gasteiger partial charge in [0.05, 0.1) is 28.4 Å². The molecule has 0 unspecified atom stereocenters. The maximum Gasteiger partial charge on any atom is 0.143 e. The first-order chi connectivity index (χ1) is 16.8. The molecule has 0 saturated heterocycles. The summed E-state index contributed by atoms with van der Waals surface area (Å²) in [7, 11) is 0. The number of hydrogen-bond acceptors (Lipinski definition) is 2. The third-order valence-electron chi connectivity index (χ3n) is 6.64. The normalized spacial score (nSPS) is 11.5. The van der Waals surface area contributed by atoms with Crippen molar-refractivity contribution >= 4 is 43.7 Å². The van der Waals surface area contributed by atoms with Crippen molar-refractivity contribution in [3.63, 3.8) is 0 Å². The van der Waals surface area contributed by atoms with E-state index in [1.54, 1.807) is 0 Å². The Balaban J connectivity index is 1.63. The third kappa shape index (κ3) is 2.57. The Kier molecular flexibility index (Phi) is 3.91. The Morgan fingerprint density at radius 3 is 1.97 bits per heavy atom. The van der Waals surface area contributed by atoms with E-state index in [1.165, 1.54) is 10.8 Å². The minimum absolute atomic E-state index is 0.623. The molecule has 3 heteroatoms. The first-order valence-electron chi connectivity index (χ1n) is 11.3. The van der Waals surface area contributed by atoms with Gasteiger partial charge >= 0.3 is 0 Å². The molecule has 0 fully saturated rings. The number of fused-ring (bicyclic) bond motifs is 6. The molecular weight excluding hydrogens is 416 g/mol. The van der Waals surface area contributed by atoms with Crippen LogP contribution in [0.1, 0.15) is 5.56 Å². The van der Waals surface area contributed by atoms with E-state index in [2.05, 4.69) is 83.4 Å². The van der Waals surface area contributed by atoms with Gasteiger partial charge in [-0.1, -0.05) is 78.9 Å². The molecule has 158 valence electrons. The lowest BCUT2D eigenvalue weighted by molar-refractivity contribution is 0.670. The fourth-order valence-corrected chi connectivity index (χ4v) is 5.16. The number of para-hydroxylation sites is 4. The van der Waals surface area contributed by atoms with E-state index in [9.17, 15) is 5.26 Å². The van der Waals surface area contributed by atoms with Crippen LogP contribution in [0.5, 0.6) is 0 Å². The zero-order valence-electron chi connectivity index (χ0n) is 18.2. The van der Waals surface area contributed by atoms with Crippen molar-refractivity contribution in [3.8, 4) is 22.9 Å². The number of aromatic nitrogens is 1. The molecule has 0 saturated carbocycles. The van der Waals surface area contributed by atoms with Gasteiger partial charge in [-0.3, -0.25) is 0 Å². The summed E-state index contributed by atoms with van der Waals surface area (Å²) in [4.78, 5) is 0. The highest BCUT2D eigenvalue weighted by molar-refractivity contribution is 6.12. The van der Waals surface area contributed by atoms with E-state index in [-0.39, 0.29) is 0 Å². The van der Waals surface area contributed by atoms with Crippen LogP contribution in [0.4, 0.5) is 0 Å². The minimum atomic E-state index is 0.623. The highest BCUT2D eigenvalue weighted by Gasteiger charge is 2.19. The minimum Gasteiger partial charge on any atom is -0.455 e. The molecule has 0 N–H and O–H groups in total. The second-order valence-corrected chi connectivity index (χ2v) is 8.49. The zero-order valence-corrected chi connectivity index (χ0v) is 18.2. The van der Waals surface area contributed by atoms with Crippen LogP contribution >= 0.6 is 0 Å². The van der Waals surface area contributed by atoms with Gasteiger partial charge in [-0.05, 0) is 30.3 Å². The molecule has 0 bridgehead atoms. The smallest absolute Gasteiger partial charge is 0.143 e. The van der Waals surface area contributed by atoms with Crippen molar-refractivity contribution in [3.05, 3.63) is 115 Å². The molecule has 0 aliphatic carbocycles. The topological polar surface area (TPSA) is 41.9 Å². The fourth-order valence-electron chi connectivity index (χ4n) is 5.16. The van der Waals surface area contributed by atoms with Crippen LogP contribution in [-0.4, -0.2) is 4.57 Å². The molecule has 34 heavy (non-hydrogen) atoms. The van der Waals surface area contributed by atoms with E-state index in [0.717, 1.165) is 49.8 Å². The summed E-state index contributed by atoms with van der Waals surface area (Å²) in [6.07, 6.45) is 0. The lowest BCUT2D eigenvalue weighted by atomic mass is 9.99. The van der Waals surface area contributed by atoms with Crippen LogP contribution in [-0.2, 0) is 0 Å². The van der Waals surface area contributed by atoms with Crippen LogP contribution < -0.4 is 0 Å². The molecular formula is C31H18N2O. The SMILES string of the molecule is N#Cc1ccc(-c2cccc3c2oc2ccccc23)c(-n2c3ccccc3c3ccccc32)c1. The summed E-state index contributed by atoms with van der Waals surface area (Å²) in [6, 6.07) is 39.5. The zero-order chi connectivity index (χ0) is 22.6. The van der Waals surface area contributed by atoms with Gasteiger partial charge in [0, 0.05) is 32.7 Å². The van der Waals surface area contributed by atoms with Gasteiger partial charge in [0.25, 0.3) is 0 Å². The first-order valence-corrected chi connectivity index (χ1v) is 11.3. The summed E-state index contributed by atoms with van der Waals surface area (Å²) in [5, 5.41) is 14.3. The summed E-state index contributed by atoms with van der Waals surface area (Å²) >= 11 is 0. The van der Waals surface area contributed by atoms with Crippen LogP contribution in [0.15, 0.2) is 114 Å². The Hall–Kier alpha value is -4.81. The molecule has 2 heterocycles. The van der Waals surface area contributed by atoms with Crippen molar-refractivity contribution < 1.29 is 4.42 Å². The molecule has 3 nitrogen and oxygen atoms in total. The van der Waals surface area contributed by atoms with Gasteiger partial charge in [0.2, 0.25) is 0 Å². The second-order valence-electron chi connectivity index (χ2n) is 8.49. The van der Waals surface area contributed by atoms with Crippen molar-refractivity contribution in [1.82, 2.24) is 4.57 Å². The van der Waals surface area contributed by atoms with Gasteiger partial charge < -0.3 is 8.98 Å². The standard InChI is InChI=1S/C31H18N2O/c32-19-20-16-17-23(25-11-7-12-26-24-10-3-6-15-30(24)34-31(25)26)29(18-20)33-27-13-4-1-8-21(27)22-9-2-5-14-28(22)33/h1-18H. The van der Waals surface area contributed by atoms with E-state index >= 15 is 0 Å². The lowest BCUT2D eigenvalue weighted by Gasteiger charge is -2.15. The Morgan fingerprint density at radius 2 is 1.24 bits per heavy atom. The predicted molar refractivity (Wildman–Crippen MR) is 138 cm³/mol. The average Bonchev–Trinajstić information content (AvgIpc) is 3.44. The van der Waals surface area contributed by atoms with E-state index < -0.39 is 0 Å². The largest absolute Gasteiger partial charge is 0.455 e. The molecule has 5 aromatic carbocycles. The van der Waals surface area contributed by atoms with Crippen LogP contribution in [0.25, 0.3) is 60.6 Å². The third-order valence-corrected chi connectivity index (χ3v) is 6.64. The van der Waals surface area contributed by atoms with Crippen molar-refractivity contribution in [1.29, 1.82) is 5.26 Å². The summed E-state index contributed by atoms with van der Waals surface area (Å²) in [6.45, 7) is 0. The van der Waals surface area contributed by atoms with E-state index in [1.807, 2.05) is 36.4 Å². The average molecular weight is 434 g/mol. The lowest BCUT2D eigenvalue weighted by Crippen LogP contribution is -1.98. The predicted octanol–water partition coefficient (Wildman–Crippen LogP) is 8.22. The van der Waals surface area contributed by atoms with Gasteiger partial charge in [-0.2, -0.15) is 5.26 Å². The quantitative estimate of drug-likeness (QED) is 0.275. The molecule has 2 aromatic heterocycles. The number of nitrogens with zero attached hydrogens (tertiary/aromatic N) is 2. The van der Waals surface area contributed by atoms with E-state index in [0.29, 0.717) is 5.56 Å². The van der Waals surface area contributed by atoms with Crippen LogP contribution in [0.2, 0.25) is 0 Å². The molecule has 0 atom stereocenters. The highest BCUT2D eigenvalue weighted by atomic mass is 16.3. The first kappa shape index (κ1) is 18.7. The molecule has 7 rings (SSSR count). The molecule has 0 spiro atoms. The Bertz CT molecular complexity index is 1880. The Labute approximate surface area is 195 Å².